The minimum atomic E-state index is 0. The van der Waals surface area contributed by atoms with Gasteiger partial charge in [0, 0.05) is 46.2 Å². The molecule has 0 aliphatic carbocycles. The molecule has 0 spiro atoms. The van der Waals surface area contributed by atoms with E-state index in [4.69, 9.17) is 9.47 Å². The zero-order chi connectivity index (χ0) is 21.5. The molecule has 174 valence electrons. The molecule has 1 aromatic rings. The molecular weight excluding hydrogens is 507 g/mol. The van der Waals surface area contributed by atoms with E-state index in [1.54, 1.807) is 14.2 Å². The molecule has 0 atom stereocenters. The monoisotopic (exact) mass is 544 g/mol. The fourth-order valence-electron chi connectivity index (χ4n) is 4.25. The zero-order valence-corrected chi connectivity index (χ0v) is 21.6. The number of piperidine rings is 1. The van der Waals surface area contributed by atoms with Crippen LogP contribution in [-0.2, 0) is 17.8 Å². The second-order valence-electron chi connectivity index (χ2n) is 8.29. The van der Waals surface area contributed by atoms with E-state index in [-0.39, 0.29) is 29.9 Å². The lowest BCUT2D eigenvalue weighted by molar-refractivity contribution is -0.132. The molecule has 31 heavy (non-hydrogen) atoms. The van der Waals surface area contributed by atoms with Crippen molar-refractivity contribution in [2.45, 2.75) is 45.6 Å². The summed E-state index contributed by atoms with van der Waals surface area (Å²) in [6, 6.07) is 4.03. The number of aliphatic imine (C=N–C) groups is 1. The van der Waals surface area contributed by atoms with E-state index in [0.29, 0.717) is 18.7 Å². The van der Waals surface area contributed by atoms with E-state index in [2.05, 4.69) is 22.1 Å². The third-order valence-corrected chi connectivity index (χ3v) is 6.22. The van der Waals surface area contributed by atoms with Crippen LogP contribution in [-0.4, -0.2) is 69.1 Å². The maximum Gasteiger partial charge on any atom is 0.222 e. The van der Waals surface area contributed by atoms with E-state index >= 15 is 0 Å². The standard InChI is InChI=1S/C23H36N4O3.HI/c1-17-7-11-26(12-8-17)23(24-2)25-10-5-6-22(28)27-13-9-18-14-20(29-3)21(30-4)15-19(18)16-27;/h14-15,17H,5-13,16H2,1-4H3,(H,24,25);1H. The summed E-state index contributed by atoms with van der Waals surface area (Å²) in [5.41, 5.74) is 2.38. The fourth-order valence-corrected chi connectivity index (χ4v) is 4.25. The van der Waals surface area contributed by atoms with Crippen molar-refractivity contribution >= 4 is 35.8 Å². The van der Waals surface area contributed by atoms with Crippen LogP contribution >= 0.6 is 24.0 Å². The number of benzene rings is 1. The molecule has 0 bridgehead atoms. The van der Waals surface area contributed by atoms with E-state index in [9.17, 15) is 4.79 Å². The highest BCUT2D eigenvalue weighted by atomic mass is 127. The third-order valence-electron chi connectivity index (χ3n) is 6.22. The summed E-state index contributed by atoms with van der Waals surface area (Å²) in [5, 5.41) is 3.43. The van der Waals surface area contributed by atoms with E-state index in [1.807, 2.05) is 24.1 Å². The summed E-state index contributed by atoms with van der Waals surface area (Å²) in [4.78, 5) is 21.4. The Morgan fingerprint density at radius 2 is 1.74 bits per heavy atom. The van der Waals surface area contributed by atoms with Crippen molar-refractivity contribution in [2.24, 2.45) is 10.9 Å². The highest BCUT2D eigenvalue weighted by Crippen LogP contribution is 2.33. The van der Waals surface area contributed by atoms with Gasteiger partial charge in [-0.2, -0.15) is 0 Å². The number of amides is 1. The van der Waals surface area contributed by atoms with Gasteiger partial charge >= 0.3 is 0 Å². The number of likely N-dealkylation sites (tertiary alicyclic amines) is 1. The number of methoxy groups -OCH3 is 2. The zero-order valence-electron chi connectivity index (χ0n) is 19.3. The van der Waals surface area contributed by atoms with Crippen molar-refractivity contribution in [3.63, 3.8) is 0 Å². The molecule has 0 radical (unpaired) electrons. The number of guanidine groups is 1. The smallest absolute Gasteiger partial charge is 0.222 e. The Morgan fingerprint density at radius 1 is 1.10 bits per heavy atom. The van der Waals surface area contributed by atoms with Gasteiger partial charge in [-0.05, 0) is 54.9 Å². The molecule has 1 fully saturated rings. The normalized spacial score (nSPS) is 17.0. The SMILES string of the molecule is CN=C(NCCCC(=O)N1CCc2cc(OC)c(OC)cc2C1)N1CCC(C)CC1.I. The molecule has 2 aliphatic rings. The maximum atomic E-state index is 12.7. The number of carbonyl (C=O) groups excluding carboxylic acids is 1. The second-order valence-corrected chi connectivity index (χ2v) is 8.29. The van der Waals surface area contributed by atoms with Crippen LogP contribution in [0, 0.1) is 5.92 Å². The number of ether oxygens (including phenoxy) is 2. The number of halogens is 1. The van der Waals surface area contributed by atoms with Crippen LogP contribution in [0.15, 0.2) is 17.1 Å². The molecule has 2 heterocycles. The summed E-state index contributed by atoms with van der Waals surface area (Å²) >= 11 is 0. The molecule has 0 saturated carbocycles. The number of carbonyl (C=O) groups is 1. The lowest BCUT2D eigenvalue weighted by Crippen LogP contribution is -2.45. The van der Waals surface area contributed by atoms with Crippen molar-refractivity contribution in [3.05, 3.63) is 23.3 Å². The molecular formula is C23H37IN4O3. The topological polar surface area (TPSA) is 66.4 Å². The van der Waals surface area contributed by atoms with Crippen molar-refractivity contribution in [1.29, 1.82) is 0 Å². The fraction of sp³-hybridized carbons (Fsp3) is 0.652. The molecule has 3 rings (SSSR count). The van der Waals surface area contributed by atoms with Crippen LogP contribution < -0.4 is 14.8 Å². The van der Waals surface area contributed by atoms with Gasteiger partial charge in [-0.25, -0.2) is 0 Å². The van der Waals surface area contributed by atoms with Crippen LogP contribution in [0.2, 0.25) is 0 Å². The number of fused-ring (bicyclic) bond motifs is 1. The van der Waals surface area contributed by atoms with Crippen molar-refractivity contribution in [2.75, 3.05) is 47.4 Å². The predicted molar refractivity (Wildman–Crippen MR) is 135 cm³/mol. The minimum absolute atomic E-state index is 0. The molecule has 1 amide bonds. The summed E-state index contributed by atoms with van der Waals surface area (Å²) < 4.78 is 10.8. The Bertz CT molecular complexity index is 763. The number of rotatable bonds is 6. The average molecular weight is 544 g/mol. The van der Waals surface area contributed by atoms with Crippen molar-refractivity contribution < 1.29 is 14.3 Å². The summed E-state index contributed by atoms with van der Waals surface area (Å²) in [7, 11) is 5.12. The first-order valence-electron chi connectivity index (χ1n) is 11.0. The van der Waals surface area contributed by atoms with Crippen LogP contribution in [0.5, 0.6) is 11.5 Å². The van der Waals surface area contributed by atoms with Gasteiger partial charge in [0.05, 0.1) is 14.2 Å². The largest absolute Gasteiger partial charge is 0.493 e. The van der Waals surface area contributed by atoms with Gasteiger partial charge in [0.25, 0.3) is 0 Å². The molecule has 0 unspecified atom stereocenters. The number of hydrogen-bond acceptors (Lipinski definition) is 4. The Kier molecular flexibility index (Phi) is 10.2. The molecule has 1 N–H and O–H groups in total. The van der Waals surface area contributed by atoms with Crippen LogP contribution in [0.1, 0.15) is 43.7 Å². The first-order valence-corrected chi connectivity index (χ1v) is 11.0. The van der Waals surface area contributed by atoms with Crippen LogP contribution in [0.25, 0.3) is 0 Å². The van der Waals surface area contributed by atoms with E-state index < -0.39 is 0 Å². The van der Waals surface area contributed by atoms with Crippen LogP contribution in [0.3, 0.4) is 0 Å². The third kappa shape index (κ3) is 6.63. The Hall–Kier alpha value is -1.71. The molecule has 0 aromatic heterocycles. The lowest BCUT2D eigenvalue weighted by atomic mass is 9.98. The average Bonchev–Trinajstić information content (AvgIpc) is 2.78. The van der Waals surface area contributed by atoms with Gasteiger partial charge in [-0.15, -0.1) is 24.0 Å². The Balaban J connectivity index is 0.00000341. The maximum absolute atomic E-state index is 12.7. The summed E-state index contributed by atoms with van der Waals surface area (Å²) in [5.74, 6) is 3.43. The Labute approximate surface area is 203 Å². The number of hydrogen-bond donors (Lipinski definition) is 1. The number of nitrogens with zero attached hydrogens (tertiary/aromatic N) is 3. The second kappa shape index (κ2) is 12.4. The predicted octanol–water partition coefficient (Wildman–Crippen LogP) is 3.29. The minimum Gasteiger partial charge on any atom is -0.493 e. The number of nitrogens with one attached hydrogen (secondary N) is 1. The highest BCUT2D eigenvalue weighted by Gasteiger charge is 2.23. The van der Waals surface area contributed by atoms with Crippen molar-refractivity contribution in [1.82, 2.24) is 15.1 Å². The molecule has 2 aliphatic heterocycles. The van der Waals surface area contributed by atoms with Crippen molar-refractivity contribution in [3.8, 4) is 11.5 Å². The van der Waals surface area contributed by atoms with Gasteiger partial charge in [0.1, 0.15) is 0 Å². The van der Waals surface area contributed by atoms with Gasteiger partial charge in [0.2, 0.25) is 5.91 Å². The summed E-state index contributed by atoms with van der Waals surface area (Å²) in [6.45, 7) is 6.57. The van der Waals surface area contributed by atoms with Gasteiger partial charge in [0.15, 0.2) is 17.5 Å². The molecule has 1 aromatic carbocycles. The first kappa shape index (κ1) is 25.5. The summed E-state index contributed by atoms with van der Waals surface area (Å²) in [6.07, 6.45) is 4.62. The van der Waals surface area contributed by atoms with Crippen LogP contribution in [0.4, 0.5) is 0 Å². The van der Waals surface area contributed by atoms with E-state index in [1.165, 1.54) is 18.4 Å². The molecule has 1 saturated heterocycles. The lowest BCUT2D eigenvalue weighted by Gasteiger charge is -2.33. The van der Waals surface area contributed by atoms with E-state index in [0.717, 1.165) is 62.2 Å². The van der Waals surface area contributed by atoms with Gasteiger partial charge in [-0.1, -0.05) is 6.92 Å². The Morgan fingerprint density at radius 3 is 2.35 bits per heavy atom. The molecule has 8 heteroatoms. The molecule has 7 nitrogen and oxygen atoms in total. The first-order chi connectivity index (χ1) is 14.5. The van der Waals surface area contributed by atoms with Gasteiger partial charge < -0.3 is 24.6 Å². The highest BCUT2D eigenvalue weighted by molar-refractivity contribution is 14.0. The quantitative estimate of drug-likeness (QED) is 0.258. The van der Waals surface area contributed by atoms with Gasteiger partial charge in [-0.3, -0.25) is 9.79 Å².